The van der Waals surface area contributed by atoms with E-state index in [1.165, 1.54) is 12.5 Å². The number of pyridine rings is 1. The van der Waals surface area contributed by atoms with E-state index in [0.29, 0.717) is 5.52 Å². The van der Waals surface area contributed by atoms with Crippen molar-refractivity contribution in [1.29, 1.82) is 0 Å². The molecule has 0 atom stereocenters. The number of para-hydroxylation sites is 1. The minimum absolute atomic E-state index is 0. The molecule has 0 bridgehead atoms. The predicted molar refractivity (Wildman–Crippen MR) is 63.5 cm³/mol. The summed E-state index contributed by atoms with van der Waals surface area (Å²) in [5.74, 6) is 0.239. The average Bonchev–Trinajstić information content (AvgIpc) is 2.88. The lowest BCUT2D eigenvalue weighted by Gasteiger charge is -1.96. The maximum absolute atomic E-state index is 9.31. The Hall–Kier alpha value is -1.90. The van der Waals surface area contributed by atoms with Crippen molar-refractivity contribution in [1.82, 2.24) is 15.4 Å². The summed E-state index contributed by atoms with van der Waals surface area (Å²) in [6.45, 7) is 0. The molecule has 0 saturated carbocycles. The van der Waals surface area contributed by atoms with Crippen molar-refractivity contribution >= 4 is 28.3 Å². The number of fused-ring (bicyclic) bond motifs is 1. The second-order valence-corrected chi connectivity index (χ2v) is 2.94. The van der Waals surface area contributed by atoms with Gasteiger partial charge in [-0.3, -0.25) is 4.98 Å². The van der Waals surface area contributed by atoms with E-state index in [2.05, 4.69) is 19.9 Å². The van der Waals surface area contributed by atoms with Crippen LogP contribution in [0.15, 0.2) is 53.5 Å². The van der Waals surface area contributed by atoms with Crippen LogP contribution in [0.3, 0.4) is 0 Å². The molecule has 5 nitrogen and oxygen atoms in total. The van der Waals surface area contributed by atoms with Gasteiger partial charge >= 0.3 is 0 Å². The van der Waals surface area contributed by atoms with Crippen molar-refractivity contribution < 1.29 is 9.63 Å². The Morgan fingerprint density at radius 2 is 1.88 bits per heavy atom. The van der Waals surface area contributed by atoms with Crippen molar-refractivity contribution in [2.24, 2.45) is 0 Å². The van der Waals surface area contributed by atoms with Gasteiger partial charge < -0.3 is 9.63 Å². The number of hydrogen-bond donors (Lipinski definition) is 1. The quantitative estimate of drug-likeness (QED) is 0.606. The molecule has 3 rings (SSSR count). The van der Waals surface area contributed by atoms with Gasteiger partial charge in [0.1, 0.15) is 17.5 Å². The number of aromatic hydroxyl groups is 1. The first-order chi connectivity index (χ1) is 7.88. The van der Waals surface area contributed by atoms with Crippen LogP contribution in [-0.4, -0.2) is 37.8 Å². The van der Waals surface area contributed by atoms with Crippen LogP contribution in [0.2, 0.25) is 0 Å². The molecule has 83 valence electrons. The summed E-state index contributed by atoms with van der Waals surface area (Å²) in [7, 11) is 0. The highest BCUT2D eigenvalue weighted by atomic mass is 27.0. The fourth-order valence-electron chi connectivity index (χ4n) is 1.22. The normalized spacial score (nSPS) is 8.94. The Bertz CT molecular complexity index is 535. The molecule has 0 unspecified atom stereocenters. The molecule has 2 heterocycles. The summed E-state index contributed by atoms with van der Waals surface area (Å²) in [4.78, 5) is 4.03. The van der Waals surface area contributed by atoms with Crippen LogP contribution in [0.25, 0.3) is 10.9 Å². The van der Waals surface area contributed by atoms with Gasteiger partial charge in [0.15, 0.2) is 0 Å². The highest BCUT2D eigenvalue weighted by Crippen LogP contribution is 2.20. The molecule has 17 heavy (non-hydrogen) atoms. The minimum Gasteiger partial charge on any atom is -0.506 e. The number of rotatable bonds is 0. The number of nitrogens with zero attached hydrogens (tertiary/aromatic N) is 3. The van der Waals surface area contributed by atoms with E-state index in [9.17, 15) is 5.11 Å². The Balaban J connectivity index is 0.000000205. The summed E-state index contributed by atoms with van der Waals surface area (Å²) in [5, 5.41) is 16.7. The lowest BCUT2D eigenvalue weighted by Crippen LogP contribution is -1.76. The summed E-state index contributed by atoms with van der Waals surface area (Å²) in [6.07, 6.45) is 4.54. The van der Waals surface area contributed by atoms with Crippen molar-refractivity contribution in [3.05, 3.63) is 49.0 Å². The third-order valence-corrected chi connectivity index (χ3v) is 1.89. The van der Waals surface area contributed by atoms with Crippen LogP contribution in [-0.2, 0) is 0 Å². The van der Waals surface area contributed by atoms with Gasteiger partial charge in [0.2, 0.25) is 0 Å². The van der Waals surface area contributed by atoms with Gasteiger partial charge in [-0.2, -0.15) is 0 Å². The Kier molecular flexibility index (Phi) is 5.14. The highest BCUT2D eigenvalue weighted by Gasteiger charge is 1.96. The average molecular weight is 242 g/mol. The summed E-state index contributed by atoms with van der Waals surface area (Å²) >= 11 is 0. The SMILES string of the molecule is Oc1cccc2cccnc12.[Al].c1conn1. The zero-order chi connectivity index (χ0) is 11.2. The summed E-state index contributed by atoms with van der Waals surface area (Å²) in [6, 6.07) is 9.13. The van der Waals surface area contributed by atoms with Crippen LogP contribution >= 0.6 is 0 Å². The number of benzene rings is 1. The number of phenolic OH excluding ortho intramolecular Hbond substituents is 1. The second kappa shape index (κ2) is 6.63. The third-order valence-electron chi connectivity index (χ3n) is 1.89. The largest absolute Gasteiger partial charge is 0.506 e. The van der Waals surface area contributed by atoms with Crippen molar-refractivity contribution in [2.75, 3.05) is 0 Å². The molecule has 0 aliphatic heterocycles. The fraction of sp³-hybridized carbons (Fsp3) is 0. The number of phenols is 1. The van der Waals surface area contributed by atoms with E-state index in [4.69, 9.17) is 0 Å². The zero-order valence-electron chi connectivity index (χ0n) is 8.89. The van der Waals surface area contributed by atoms with Crippen LogP contribution in [0.1, 0.15) is 0 Å². The van der Waals surface area contributed by atoms with Crippen molar-refractivity contribution in [2.45, 2.75) is 0 Å². The predicted octanol–water partition coefficient (Wildman–Crippen LogP) is 1.63. The van der Waals surface area contributed by atoms with E-state index in [1.54, 1.807) is 18.3 Å². The molecule has 0 aliphatic rings. The molecule has 3 aromatic rings. The van der Waals surface area contributed by atoms with Gasteiger partial charge in [0.05, 0.1) is 6.20 Å². The van der Waals surface area contributed by atoms with Crippen LogP contribution < -0.4 is 0 Å². The molecule has 0 amide bonds. The number of aromatic nitrogens is 3. The van der Waals surface area contributed by atoms with Crippen molar-refractivity contribution in [3.8, 4) is 5.75 Å². The smallest absolute Gasteiger partial charge is 0.144 e. The minimum atomic E-state index is 0. The topological polar surface area (TPSA) is 72.0 Å². The Labute approximate surface area is 108 Å². The molecule has 1 N–H and O–H groups in total. The second-order valence-electron chi connectivity index (χ2n) is 2.94. The van der Waals surface area contributed by atoms with E-state index in [0.717, 1.165) is 5.39 Å². The molecule has 3 radical (unpaired) electrons. The summed E-state index contributed by atoms with van der Waals surface area (Å²) < 4.78 is 4.22. The first kappa shape index (κ1) is 13.2. The van der Waals surface area contributed by atoms with Crippen LogP contribution in [0, 0.1) is 0 Å². The van der Waals surface area contributed by atoms with E-state index in [-0.39, 0.29) is 23.1 Å². The first-order valence-electron chi connectivity index (χ1n) is 4.61. The van der Waals surface area contributed by atoms with Crippen LogP contribution in [0.5, 0.6) is 5.75 Å². The van der Waals surface area contributed by atoms with Crippen LogP contribution in [0.4, 0.5) is 0 Å². The molecule has 0 spiro atoms. The highest BCUT2D eigenvalue weighted by molar-refractivity contribution is 5.83. The van der Waals surface area contributed by atoms with Gasteiger partial charge in [0.25, 0.3) is 0 Å². The van der Waals surface area contributed by atoms with E-state index >= 15 is 0 Å². The molecule has 0 aliphatic carbocycles. The molecule has 0 saturated heterocycles. The maximum atomic E-state index is 9.31. The standard InChI is InChI=1S/C9H7NO.C2H2N2O.Al/c11-8-5-1-3-7-4-2-6-10-9(7)8;1-2-5-4-3-1;/h1-6,11H;1-2H;. The molecule has 2 aromatic heterocycles. The van der Waals surface area contributed by atoms with Gasteiger partial charge in [-0.05, 0) is 12.1 Å². The van der Waals surface area contributed by atoms with Gasteiger partial charge in [-0.25, -0.2) is 0 Å². The van der Waals surface area contributed by atoms with E-state index < -0.39 is 0 Å². The van der Waals surface area contributed by atoms with E-state index in [1.807, 2.05) is 18.2 Å². The van der Waals surface area contributed by atoms with Crippen molar-refractivity contribution in [3.63, 3.8) is 0 Å². The molecule has 0 fully saturated rings. The fourth-order valence-corrected chi connectivity index (χ4v) is 1.22. The lowest BCUT2D eigenvalue weighted by molar-refractivity contribution is 0.393. The maximum Gasteiger partial charge on any atom is 0.144 e. The van der Waals surface area contributed by atoms with Gasteiger partial charge in [-0.1, -0.05) is 18.2 Å². The molecule has 1 aromatic carbocycles. The monoisotopic (exact) mass is 242 g/mol. The van der Waals surface area contributed by atoms with Gasteiger partial charge in [0, 0.05) is 34.2 Å². The Morgan fingerprint density at radius 1 is 1.06 bits per heavy atom. The van der Waals surface area contributed by atoms with Gasteiger partial charge in [-0.15, -0.1) is 5.10 Å². The zero-order valence-corrected chi connectivity index (χ0v) is 10.0. The third kappa shape index (κ3) is 3.56. The molecular formula is C11H9AlN3O2. The lowest BCUT2D eigenvalue weighted by atomic mass is 10.2. The first-order valence-corrected chi connectivity index (χ1v) is 4.61. The molecule has 6 heteroatoms. The summed E-state index contributed by atoms with van der Waals surface area (Å²) in [5.41, 5.74) is 0.662. The molecular weight excluding hydrogens is 233 g/mol. The number of hydrogen-bond acceptors (Lipinski definition) is 5. The Morgan fingerprint density at radius 3 is 2.47 bits per heavy atom.